The first-order chi connectivity index (χ1) is 13.9. The highest BCUT2D eigenvalue weighted by Gasteiger charge is 2.28. The summed E-state index contributed by atoms with van der Waals surface area (Å²) in [4.78, 5) is 30.1. The van der Waals surface area contributed by atoms with Crippen molar-refractivity contribution in [1.29, 1.82) is 0 Å². The van der Waals surface area contributed by atoms with Gasteiger partial charge in [-0.25, -0.2) is 0 Å². The van der Waals surface area contributed by atoms with Gasteiger partial charge in [0.2, 0.25) is 5.91 Å². The lowest BCUT2D eigenvalue weighted by Gasteiger charge is -2.28. The van der Waals surface area contributed by atoms with Gasteiger partial charge in [0.25, 0.3) is 5.91 Å². The zero-order chi connectivity index (χ0) is 21.0. The highest BCUT2D eigenvalue weighted by atomic mass is 32.1. The number of likely N-dealkylation sites (N-methyl/N-ethyl adjacent to an activating group) is 1. The van der Waals surface area contributed by atoms with Gasteiger partial charge in [-0.2, -0.15) is 0 Å². The van der Waals surface area contributed by atoms with Crippen LogP contribution in [-0.4, -0.2) is 59.6 Å². The second-order valence-electron chi connectivity index (χ2n) is 7.21. The number of carbonyl (C=O) groups is 2. The van der Waals surface area contributed by atoms with Crippen molar-refractivity contribution in [2.24, 2.45) is 0 Å². The van der Waals surface area contributed by atoms with Gasteiger partial charge in [-0.05, 0) is 44.1 Å². The fourth-order valence-electron chi connectivity index (χ4n) is 3.34. The molecule has 0 aliphatic heterocycles. The van der Waals surface area contributed by atoms with Crippen LogP contribution in [0.5, 0.6) is 0 Å². The third-order valence-electron chi connectivity index (χ3n) is 4.75. The molecule has 2 amide bonds. The van der Waals surface area contributed by atoms with E-state index in [-0.39, 0.29) is 18.4 Å². The van der Waals surface area contributed by atoms with E-state index in [4.69, 9.17) is 0 Å². The third-order valence-corrected chi connectivity index (χ3v) is 5.62. The normalized spacial score (nSPS) is 14.5. The number of nitrogens with one attached hydrogen (secondary N) is 3. The van der Waals surface area contributed by atoms with E-state index in [9.17, 15) is 14.7 Å². The summed E-state index contributed by atoms with van der Waals surface area (Å²) >= 11 is 1.57. The molecule has 154 valence electrons. The molecule has 0 aliphatic rings. The number of carbonyl (C=O) groups excluding carboxylic acids is 2. The van der Waals surface area contributed by atoms with Crippen LogP contribution in [0.25, 0.3) is 10.2 Å². The van der Waals surface area contributed by atoms with Crippen LogP contribution in [0.4, 0.5) is 0 Å². The van der Waals surface area contributed by atoms with Gasteiger partial charge in [0.05, 0.1) is 22.4 Å². The average molecular weight is 415 g/mol. The number of aliphatic hydroxyl groups excluding tert-OH is 1. The number of fused-ring (bicyclic) bond motifs is 1. The molecule has 8 heteroatoms. The maximum absolute atomic E-state index is 12.8. The molecule has 3 atom stereocenters. The topological polar surface area (TPSA) is 97.5 Å². The van der Waals surface area contributed by atoms with Crippen molar-refractivity contribution in [3.8, 4) is 0 Å². The van der Waals surface area contributed by atoms with Crippen LogP contribution in [-0.2, 0) is 4.79 Å². The number of H-pyrrole nitrogens is 1. The number of hydrogen-bond acceptors (Lipinski definition) is 5. The monoisotopic (exact) mass is 414 g/mol. The number of rotatable bonds is 8. The first-order valence-corrected chi connectivity index (χ1v) is 10.3. The molecule has 0 fully saturated rings. The second-order valence-corrected chi connectivity index (χ2v) is 8.16. The first-order valence-electron chi connectivity index (χ1n) is 9.41. The average Bonchev–Trinajstić information content (AvgIpc) is 3.27. The van der Waals surface area contributed by atoms with Crippen LogP contribution >= 0.6 is 11.3 Å². The standard InChI is InChI=1S/C21H26N4O3S/c1-13(26)19(25(2)3)21(28)24-17(14-7-5-4-6-8-14)12-22-20(27)16-11-18-15(23-16)9-10-29-18/h4-11,13,17,19,23,26H,12H2,1-3H3,(H,22,27)(H,24,28)/t13-,17?,19-/m0/s1. The van der Waals surface area contributed by atoms with E-state index in [1.165, 1.54) is 0 Å². The zero-order valence-electron chi connectivity index (χ0n) is 16.7. The van der Waals surface area contributed by atoms with Gasteiger partial charge in [-0.3, -0.25) is 14.5 Å². The molecule has 2 heterocycles. The van der Waals surface area contributed by atoms with E-state index < -0.39 is 18.2 Å². The number of aliphatic hydroxyl groups is 1. The Balaban J connectivity index is 1.72. The quantitative estimate of drug-likeness (QED) is 0.454. The lowest BCUT2D eigenvalue weighted by atomic mass is 10.0. The molecule has 0 saturated carbocycles. The van der Waals surface area contributed by atoms with Crippen molar-refractivity contribution in [3.63, 3.8) is 0 Å². The maximum atomic E-state index is 12.8. The number of nitrogens with zero attached hydrogens (tertiary/aromatic N) is 1. The van der Waals surface area contributed by atoms with Gasteiger partial charge in [0, 0.05) is 6.54 Å². The van der Waals surface area contributed by atoms with Gasteiger partial charge in [-0.1, -0.05) is 30.3 Å². The molecule has 4 N–H and O–H groups in total. The van der Waals surface area contributed by atoms with Gasteiger partial charge in [-0.15, -0.1) is 11.3 Å². The Hall–Kier alpha value is -2.68. The van der Waals surface area contributed by atoms with Crippen molar-refractivity contribution >= 4 is 33.4 Å². The first kappa shape index (κ1) is 21.0. The predicted molar refractivity (Wildman–Crippen MR) is 115 cm³/mol. The van der Waals surface area contributed by atoms with Crippen LogP contribution in [0.2, 0.25) is 0 Å². The number of thiophene rings is 1. The molecule has 0 radical (unpaired) electrons. The Morgan fingerprint density at radius 2 is 1.93 bits per heavy atom. The predicted octanol–water partition coefficient (Wildman–Crippen LogP) is 2.13. The summed E-state index contributed by atoms with van der Waals surface area (Å²) in [7, 11) is 3.49. The Kier molecular flexibility index (Phi) is 6.68. The molecule has 0 saturated heterocycles. The Labute approximate surface area is 173 Å². The van der Waals surface area contributed by atoms with E-state index in [1.807, 2.05) is 47.8 Å². The van der Waals surface area contributed by atoms with Crippen LogP contribution < -0.4 is 10.6 Å². The molecule has 3 rings (SSSR count). The third kappa shape index (κ3) is 5.03. The Bertz CT molecular complexity index is 928. The number of amides is 2. The fraction of sp³-hybridized carbons (Fsp3) is 0.333. The van der Waals surface area contributed by atoms with Crippen LogP contribution in [0.3, 0.4) is 0 Å². The molecule has 1 aromatic carbocycles. The summed E-state index contributed by atoms with van der Waals surface area (Å²) in [5, 5.41) is 17.8. The molecular formula is C21H26N4O3S. The minimum Gasteiger partial charge on any atom is -0.391 e. The molecule has 1 unspecified atom stereocenters. The Morgan fingerprint density at radius 1 is 1.21 bits per heavy atom. The molecule has 29 heavy (non-hydrogen) atoms. The maximum Gasteiger partial charge on any atom is 0.267 e. The molecule has 0 spiro atoms. The van der Waals surface area contributed by atoms with E-state index >= 15 is 0 Å². The number of aromatic amines is 1. The highest BCUT2D eigenvalue weighted by molar-refractivity contribution is 7.17. The van der Waals surface area contributed by atoms with Gasteiger partial charge in [0.1, 0.15) is 11.7 Å². The van der Waals surface area contributed by atoms with Crippen molar-refractivity contribution in [1.82, 2.24) is 20.5 Å². The SMILES string of the molecule is C[C@H](O)[C@@H](C(=O)NC(CNC(=O)c1cc2sccc2[nH]1)c1ccccc1)N(C)C. The van der Waals surface area contributed by atoms with Crippen molar-refractivity contribution in [2.45, 2.75) is 25.1 Å². The number of benzene rings is 1. The van der Waals surface area contributed by atoms with Crippen molar-refractivity contribution < 1.29 is 14.7 Å². The molecule has 7 nitrogen and oxygen atoms in total. The minimum atomic E-state index is -0.831. The van der Waals surface area contributed by atoms with Crippen molar-refractivity contribution in [3.05, 3.63) is 59.1 Å². The van der Waals surface area contributed by atoms with E-state index in [0.717, 1.165) is 15.8 Å². The van der Waals surface area contributed by atoms with Gasteiger partial charge < -0.3 is 20.7 Å². The van der Waals surface area contributed by atoms with Crippen LogP contribution in [0, 0.1) is 0 Å². The Morgan fingerprint density at radius 3 is 2.55 bits per heavy atom. The molecule has 0 aliphatic carbocycles. The van der Waals surface area contributed by atoms with Gasteiger partial charge in [0.15, 0.2) is 0 Å². The minimum absolute atomic E-state index is 0.223. The molecule has 0 bridgehead atoms. The second kappa shape index (κ2) is 9.21. The summed E-state index contributed by atoms with van der Waals surface area (Å²) in [6.45, 7) is 1.81. The van der Waals surface area contributed by atoms with E-state index in [0.29, 0.717) is 5.69 Å². The summed E-state index contributed by atoms with van der Waals surface area (Å²) < 4.78 is 1.02. The largest absolute Gasteiger partial charge is 0.391 e. The summed E-state index contributed by atoms with van der Waals surface area (Å²) in [6, 6.07) is 12.1. The van der Waals surface area contributed by atoms with Crippen LogP contribution in [0.1, 0.15) is 29.0 Å². The zero-order valence-corrected chi connectivity index (χ0v) is 17.5. The van der Waals surface area contributed by atoms with Crippen LogP contribution in [0.15, 0.2) is 47.8 Å². The summed E-state index contributed by atoms with van der Waals surface area (Å²) in [6.07, 6.45) is -0.831. The van der Waals surface area contributed by atoms with E-state index in [2.05, 4.69) is 15.6 Å². The lowest BCUT2D eigenvalue weighted by Crippen LogP contribution is -2.51. The summed E-state index contributed by atoms with van der Waals surface area (Å²) in [5.74, 6) is -0.531. The van der Waals surface area contributed by atoms with E-state index in [1.54, 1.807) is 37.3 Å². The number of hydrogen-bond donors (Lipinski definition) is 4. The van der Waals surface area contributed by atoms with Gasteiger partial charge >= 0.3 is 0 Å². The molecular weight excluding hydrogens is 388 g/mol. The fourth-order valence-corrected chi connectivity index (χ4v) is 4.12. The molecule has 3 aromatic rings. The lowest BCUT2D eigenvalue weighted by molar-refractivity contribution is -0.129. The molecule has 2 aromatic heterocycles. The van der Waals surface area contributed by atoms with Crippen molar-refractivity contribution in [2.75, 3.05) is 20.6 Å². The number of aromatic nitrogens is 1. The summed E-state index contributed by atoms with van der Waals surface area (Å²) in [5.41, 5.74) is 2.29. The highest BCUT2D eigenvalue weighted by Crippen LogP contribution is 2.21. The smallest absolute Gasteiger partial charge is 0.267 e.